The summed E-state index contributed by atoms with van der Waals surface area (Å²) in [7, 11) is 0. The molecular formula is C24H26N6O4. The molecule has 3 aromatic heterocycles. The highest BCUT2D eigenvalue weighted by molar-refractivity contribution is 6.00. The molecule has 176 valence electrons. The third-order valence-corrected chi connectivity index (χ3v) is 6.08. The number of hydrogen-bond acceptors (Lipinski definition) is 9. The van der Waals surface area contributed by atoms with Crippen LogP contribution in [0.25, 0.3) is 22.7 Å². The van der Waals surface area contributed by atoms with Crippen molar-refractivity contribution in [3.8, 4) is 22.7 Å². The van der Waals surface area contributed by atoms with Crippen LogP contribution in [0.15, 0.2) is 43.9 Å². The van der Waals surface area contributed by atoms with Gasteiger partial charge in [0.15, 0.2) is 5.82 Å². The molecule has 0 atom stereocenters. The lowest BCUT2D eigenvalue weighted by molar-refractivity contribution is 0.0760. The van der Waals surface area contributed by atoms with E-state index in [0.29, 0.717) is 60.7 Å². The van der Waals surface area contributed by atoms with Crippen molar-refractivity contribution in [2.45, 2.75) is 33.7 Å². The number of nitrogens with zero attached hydrogens (tertiary/aromatic N) is 6. The van der Waals surface area contributed by atoms with E-state index in [-0.39, 0.29) is 5.91 Å². The highest BCUT2D eigenvalue weighted by Gasteiger charge is 2.28. The Morgan fingerprint density at radius 2 is 1.71 bits per heavy atom. The maximum Gasteiger partial charge on any atom is 0.263 e. The van der Waals surface area contributed by atoms with Gasteiger partial charge < -0.3 is 18.5 Å². The lowest BCUT2D eigenvalue weighted by Gasteiger charge is -2.21. The van der Waals surface area contributed by atoms with Crippen LogP contribution in [-0.4, -0.2) is 62.3 Å². The number of benzene rings is 1. The second kappa shape index (κ2) is 9.22. The van der Waals surface area contributed by atoms with Gasteiger partial charge in [0.25, 0.3) is 11.8 Å². The van der Waals surface area contributed by atoms with Crippen molar-refractivity contribution in [1.82, 2.24) is 30.3 Å². The van der Waals surface area contributed by atoms with Gasteiger partial charge in [0.05, 0.1) is 12.2 Å². The molecule has 34 heavy (non-hydrogen) atoms. The van der Waals surface area contributed by atoms with Crippen LogP contribution in [0.3, 0.4) is 0 Å². The highest BCUT2D eigenvalue weighted by Crippen LogP contribution is 2.27. The van der Waals surface area contributed by atoms with Crippen molar-refractivity contribution in [2.75, 3.05) is 26.2 Å². The first-order valence-electron chi connectivity index (χ1n) is 11.3. The SMILES string of the molecule is Cc1noc(C)c1-c1nc(CN2CCCN(C(=O)c3c(-c4ccccc4)noc3C)CC2)no1. The zero-order chi connectivity index (χ0) is 23.7. The third kappa shape index (κ3) is 4.24. The van der Waals surface area contributed by atoms with E-state index in [1.54, 1.807) is 6.92 Å². The van der Waals surface area contributed by atoms with E-state index in [0.717, 1.165) is 29.8 Å². The number of amides is 1. The zero-order valence-corrected chi connectivity index (χ0v) is 19.4. The number of rotatable bonds is 5. The molecule has 0 saturated carbocycles. The second-order valence-corrected chi connectivity index (χ2v) is 8.47. The van der Waals surface area contributed by atoms with Gasteiger partial charge in [-0.1, -0.05) is 45.8 Å². The number of hydrogen-bond donors (Lipinski definition) is 0. The summed E-state index contributed by atoms with van der Waals surface area (Å²) in [6.07, 6.45) is 0.839. The van der Waals surface area contributed by atoms with Gasteiger partial charge in [-0.05, 0) is 27.2 Å². The minimum absolute atomic E-state index is 0.0558. The van der Waals surface area contributed by atoms with Crippen LogP contribution in [0.2, 0.25) is 0 Å². The Hall–Kier alpha value is -3.79. The molecule has 0 N–H and O–H groups in total. The van der Waals surface area contributed by atoms with Gasteiger partial charge in [-0.3, -0.25) is 9.69 Å². The largest absolute Gasteiger partial charge is 0.361 e. The van der Waals surface area contributed by atoms with Crippen LogP contribution in [-0.2, 0) is 6.54 Å². The normalized spacial score (nSPS) is 15.0. The predicted molar refractivity (Wildman–Crippen MR) is 122 cm³/mol. The summed E-state index contributed by atoms with van der Waals surface area (Å²) in [4.78, 5) is 22.1. The molecule has 5 rings (SSSR count). The molecule has 1 amide bonds. The molecule has 10 nitrogen and oxygen atoms in total. The minimum Gasteiger partial charge on any atom is -0.361 e. The first kappa shape index (κ1) is 22.0. The number of aryl methyl sites for hydroxylation is 3. The Morgan fingerprint density at radius 1 is 0.912 bits per heavy atom. The highest BCUT2D eigenvalue weighted by atomic mass is 16.5. The van der Waals surface area contributed by atoms with Crippen LogP contribution < -0.4 is 0 Å². The average molecular weight is 463 g/mol. The second-order valence-electron chi connectivity index (χ2n) is 8.47. The molecule has 1 saturated heterocycles. The van der Waals surface area contributed by atoms with E-state index in [1.807, 2.05) is 49.1 Å². The molecule has 0 radical (unpaired) electrons. The van der Waals surface area contributed by atoms with Gasteiger partial charge in [-0.15, -0.1) is 0 Å². The van der Waals surface area contributed by atoms with Crippen molar-refractivity contribution < 1.29 is 18.4 Å². The molecule has 1 aromatic carbocycles. The number of carbonyl (C=O) groups excluding carboxylic acids is 1. The van der Waals surface area contributed by atoms with Crippen LogP contribution in [0.5, 0.6) is 0 Å². The summed E-state index contributed by atoms with van der Waals surface area (Å²) in [5.74, 6) is 2.13. The molecule has 4 aromatic rings. The van der Waals surface area contributed by atoms with Crippen molar-refractivity contribution in [3.05, 3.63) is 58.9 Å². The molecule has 0 bridgehead atoms. The van der Waals surface area contributed by atoms with E-state index >= 15 is 0 Å². The van der Waals surface area contributed by atoms with Crippen LogP contribution in [0, 0.1) is 20.8 Å². The van der Waals surface area contributed by atoms with Crippen LogP contribution in [0.1, 0.15) is 39.8 Å². The summed E-state index contributed by atoms with van der Waals surface area (Å²) < 4.78 is 16.0. The van der Waals surface area contributed by atoms with Gasteiger partial charge in [-0.2, -0.15) is 4.98 Å². The van der Waals surface area contributed by atoms with E-state index in [4.69, 9.17) is 13.6 Å². The molecule has 1 fully saturated rings. The molecule has 4 heterocycles. The summed E-state index contributed by atoms with van der Waals surface area (Å²) in [6, 6.07) is 9.64. The van der Waals surface area contributed by atoms with Crippen LogP contribution >= 0.6 is 0 Å². The van der Waals surface area contributed by atoms with E-state index in [1.165, 1.54) is 0 Å². The number of aromatic nitrogens is 4. The van der Waals surface area contributed by atoms with Gasteiger partial charge in [0.2, 0.25) is 0 Å². The Balaban J connectivity index is 1.26. The van der Waals surface area contributed by atoms with Gasteiger partial charge in [-0.25, -0.2) is 0 Å². The Morgan fingerprint density at radius 3 is 2.47 bits per heavy atom. The van der Waals surface area contributed by atoms with Crippen molar-refractivity contribution in [3.63, 3.8) is 0 Å². The third-order valence-electron chi connectivity index (χ3n) is 6.08. The molecule has 1 aliphatic heterocycles. The fourth-order valence-electron chi connectivity index (χ4n) is 4.32. The van der Waals surface area contributed by atoms with Gasteiger partial charge >= 0.3 is 0 Å². The maximum absolute atomic E-state index is 13.4. The summed E-state index contributed by atoms with van der Waals surface area (Å²) in [5, 5.41) is 12.2. The van der Waals surface area contributed by atoms with E-state index in [9.17, 15) is 4.79 Å². The fraction of sp³-hybridized carbons (Fsp3) is 0.375. The van der Waals surface area contributed by atoms with Crippen LogP contribution in [0.4, 0.5) is 0 Å². The molecule has 0 unspecified atom stereocenters. The first-order chi connectivity index (χ1) is 16.5. The number of carbonyl (C=O) groups is 1. The quantitative estimate of drug-likeness (QED) is 0.438. The summed E-state index contributed by atoms with van der Waals surface area (Å²) in [5.41, 5.74) is 3.44. The van der Waals surface area contributed by atoms with Crippen molar-refractivity contribution in [1.29, 1.82) is 0 Å². The molecule has 0 aliphatic carbocycles. The Labute approximate surface area is 196 Å². The van der Waals surface area contributed by atoms with E-state index in [2.05, 4.69) is 25.4 Å². The average Bonchev–Trinajstić information content (AvgIpc) is 3.49. The standard InChI is InChI=1S/C24H26N6O4/c1-15-20(16(2)32-26-15)23-25-19(27-34-23)14-29-10-7-11-30(13-12-29)24(31)21-17(3)33-28-22(21)18-8-5-4-6-9-18/h4-6,8-9H,7,10-14H2,1-3H3. The summed E-state index contributed by atoms with van der Waals surface area (Å²) in [6.45, 7) is 8.76. The van der Waals surface area contributed by atoms with E-state index < -0.39 is 0 Å². The fourth-order valence-corrected chi connectivity index (χ4v) is 4.32. The first-order valence-corrected chi connectivity index (χ1v) is 11.3. The summed E-state index contributed by atoms with van der Waals surface area (Å²) >= 11 is 0. The topological polar surface area (TPSA) is 115 Å². The maximum atomic E-state index is 13.4. The zero-order valence-electron chi connectivity index (χ0n) is 19.4. The Bertz CT molecular complexity index is 1270. The Kier molecular flexibility index (Phi) is 5.97. The molecular weight excluding hydrogens is 436 g/mol. The molecule has 1 aliphatic rings. The van der Waals surface area contributed by atoms with Crippen molar-refractivity contribution in [2.24, 2.45) is 0 Å². The van der Waals surface area contributed by atoms with Crippen molar-refractivity contribution >= 4 is 5.91 Å². The minimum atomic E-state index is -0.0558. The molecule has 0 spiro atoms. The predicted octanol–water partition coefficient (Wildman–Crippen LogP) is 3.65. The van der Waals surface area contributed by atoms with Gasteiger partial charge in [0, 0.05) is 31.7 Å². The van der Waals surface area contributed by atoms with Gasteiger partial charge in [0.1, 0.15) is 28.3 Å². The lowest BCUT2D eigenvalue weighted by atomic mass is 10.1. The monoisotopic (exact) mass is 462 g/mol. The lowest BCUT2D eigenvalue weighted by Crippen LogP contribution is -2.35. The molecule has 10 heteroatoms. The smallest absolute Gasteiger partial charge is 0.263 e.